The summed E-state index contributed by atoms with van der Waals surface area (Å²) in [6, 6.07) is 4.17. The molecule has 2 atom stereocenters. The minimum absolute atomic E-state index is 0.0820. The van der Waals surface area contributed by atoms with E-state index in [0.717, 1.165) is 0 Å². The number of hydrogen-bond donors (Lipinski definition) is 2. The number of rotatable bonds is 7. The van der Waals surface area contributed by atoms with Gasteiger partial charge in [0.2, 0.25) is 10.0 Å². The molecule has 146 valence electrons. The third-order valence-corrected chi connectivity index (χ3v) is 6.10. The van der Waals surface area contributed by atoms with Gasteiger partial charge in [0.05, 0.1) is 39.2 Å². The average Bonchev–Trinajstić information content (AvgIpc) is 3.00. The van der Waals surface area contributed by atoms with Gasteiger partial charge < -0.3 is 24.8 Å². The molecule has 26 heavy (non-hydrogen) atoms. The van der Waals surface area contributed by atoms with Gasteiger partial charge in [0.25, 0.3) is 0 Å². The number of hydrogen-bond acceptors (Lipinski definition) is 6. The highest BCUT2D eigenvalue weighted by atomic mass is 32.2. The fourth-order valence-electron chi connectivity index (χ4n) is 2.59. The fourth-order valence-corrected chi connectivity index (χ4v) is 3.76. The van der Waals surface area contributed by atoms with Crippen LogP contribution in [0.5, 0.6) is 11.5 Å². The van der Waals surface area contributed by atoms with Gasteiger partial charge in [-0.05, 0) is 12.1 Å². The molecule has 0 bridgehead atoms. The van der Waals surface area contributed by atoms with Crippen LogP contribution in [0.4, 0.5) is 10.5 Å². The van der Waals surface area contributed by atoms with Gasteiger partial charge in [0, 0.05) is 31.8 Å². The van der Waals surface area contributed by atoms with Crippen molar-refractivity contribution in [1.29, 1.82) is 0 Å². The Morgan fingerprint density at radius 1 is 1.23 bits per heavy atom. The van der Waals surface area contributed by atoms with Gasteiger partial charge in [-0.25, -0.2) is 17.5 Å². The Morgan fingerprint density at radius 3 is 2.54 bits per heavy atom. The summed E-state index contributed by atoms with van der Waals surface area (Å²) in [7, 11) is 2.63. The molecule has 1 fully saturated rings. The summed E-state index contributed by atoms with van der Waals surface area (Å²) >= 11 is 0. The molecule has 1 saturated heterocycles. The monoisotopic (exact) mass is 387 g/mol. The molecular formula is C16H25N3O6S. The zero-order valence-electron chi connectivity index (χ0n) is 15.3. The quantitative estimate of drug-likeness (QED) is 0.715. The summed E-state index contributed by atoms with van der Waals surface area (Å²) < 4.78 is 41.0. The lowest BCUT2D eigenvalue weighted by Gasteiger charge is -2.21. The molecular weight excluding hydrogens is 362 g/mol. The second-order valence-electron chi connectivity index (χ2n) is 6.13. The van der Waals surface area contributed by atoms with E-state index in [9.17, 15) is 13.2 Å². The van der Waals surface area contributed by atoms with Gasteiger partial charge in [-0.3, -0.25) is 0 Å². The van der Waals surface area contributed by atoms with Crippen LogP contribution in [0.25, 0.3) is 0 Å². The number of anilines is 1. The van der Waals surface area contributed by atoms with Crippen LogP contribution in [0.15, 0.2) is 18.2 Å². The first-order valence-electron chi connectivity index (χ1n) is 8.04. The fraction of sp³-hybridized carbons (Fsp3) is 0.562. The minimum atomic E-state index is -3.37. The first-order valence-corrected chi connectivity index (χ1v) is 9.65. The highest BCUT2D eigenvalue weighted by Crippen LogP contribution is 2.29. The van der Waals surface area contributed by atoms with Crippen molar-refractivity contribution in [3.05, 3.63) is 18.2 Å². The molecule has 10 heteroatoms. The summed E-state index contributed by atoms with van der Waals surface area (Å²) in [5.74, 6) is 0.654. The van der Waals surface area contributed by atoms with Crippen molar-refractivity contribution < 1.29 is 27.4 Å². The van der Waals surface area contributed by atoms with Crippen LogP contribution in [0.1, 0.15) is 0 Å². The number of nitrogens with zero attached hydrogens (tertiary/aromatic N) is 1. The molecule has 1 aromatic rings. The van der Waals surface area contributed by atoms with Crippen molar-refractivity contribution in [2.24, 2.45) is 5.92 Å². The van der Waals surface area contributed by atoms with Crippen molar-refractivity contribution in [2.75, 3.05) is 52.6 Å². The van der Waals surface area contributed by atoms with E-state index in [2.05, 4.69) is 10.6 Å². The van der Waals surface area contributed by atoms with Crippen LogP contribution >= 0.6 is 0 Å². The molecule has 1 aromatic carbocycles. The Morgan fingerprint density at radius 2 is 1.92 bits per heavy atom. The predicted octanol–water partition coefficient (Wildman–Crippen LogP) is 0.732. The molecule has 0 spiro atoms. The molecule has 0 radical (unpaired) electrons. The number of urea groups is 1. The van der Waals surface area contributed by atoms with Crippen LogP contribution < -0.4 is 20.1 Å². The van der Waals surface area contributed by atoms with Crippen LogP contribution in [-0.2, 0) is 14.8 Å². The Hall–Kier alpha value is -2.04. The molecule has 0 aromatic heterocycles. The largest absolute Gasteiger partial charge is 0.493 e. The molecule has 9 nitrogen and oxygen atoms in total. The third-order valence-electron chi connectivity index (χ3n) is 4.14. The van der Waals surface area contributed by atoms with E-state index in [-0.39, 0.29) is 30.9 Å². The van der Waals surface area contributed by atoms with E-state index in [1.807, 2.05) is 0 Å². The van der Waals surface area contributed by atoms with E-state index in [4.69, 9.17) is 14.2 Å². The van der Waals surface area contributed by atoms with Gasteiger partial charge in [-0.1, -0.05) is 0 Å². The Labute approximate surface area is 153 Å². The first kappa shape index (κ1) is 20.3. The highest BCUT2D eigenvalue weighted by Gasteiger charge is 2.34. The minimum Gasteiger partial charge on any atom is -0.493 e. The maximum atomic E-state index is 12.3. The van der Waals surface area contributed by atoms with Crippen molar-refractivity contribution in [1.82, 2.24) is 9.62 Å². The lowest BCUT2D eigenvalue weighted by atomic mass is 10.1. The van der Waals surface area contributed by atoms with Crippen molar-refractivity contribution in [2.45, 2.75) is 6.04 Å². The lowest BCUT2D eigenvalue weighted by Crippen LogP contribution is -2.45. The van der Waals surface area contributed by atoms with Gasteiger partial charge in [-0.15, -0.1) is 0 Å². The summed E-state index contributed by atoms with van der Waals surface area (Å²) in [6.07, 6.45) is 0. The van der Waals surface area contributed by atoms with E-state index < -0.39 is 16.1 Å². The Balaban J connectivity index is 1.98. The zero-order valence-corrected chi connectivity index (χ0v) is 16.1. The number of sulfonamides is 1. The molecule has 0 unspecified atom stereocenters. The molecule has 1 aliphatic rings. The summed E-state index contributed by atoms with van der Waals surface area (Å²) in [6.45, 7) is 0.557. The molecule has 2 rings (SSSR count). The van der Waals surface area contributed by atoms with Gasteiger partial charge in [0.15, 0.2) is 11.5 Å². The van der Waals surface area contributed by atoms with E-state index in [1.165, 1.54) is 32.6 Å². The summed E-state index contributed by atoms with van der Waals surface area (Å²) in [5, 5.41) is 5.47. The number of carbonyl (C=O) groups is 1. The van der Waals surface area contributed by atoms with E-state index in [0.29, 0.717) is 17.2 Å². The summed E-state index contributed by atoms with van der Waals surface area (Å²) in [5.41, 5.74) is 0.525. The molecule has 0 aliphatic carbocycles. The van der Waals surface area contributed by atoms with Crippen LogP contribution in [0.2, 0.25) is 0 Å². The summed E-state index contributed by atoms with van der Waals surface area (Å²) in [4.78, 5) is 12.3. The second kappa shape index (κ2) is 8.56. The van der Waals surface area contributed by atoms with E-state index in [1.54, 1.807) is 18.2 Å². The number of amides is 2. The number of nitrogens with one attached hydrogen (secondary N) is 2. The smallest absolute Gasteiger partial charge is 0.319 e. The zero-order chi connectivity index (χ0) is 19.3. The van der Waals surface area contributed by atoms with Crippen molar-refractivity contribution in [3.8, 4) is 11.5 Å². The molecule has 2 amide bonds. The van der Waals surface area contributed by atoms with Crippen molar-refractivity contribution >= 4 is 21.7 Å². The molecule has 1 aliphatic heterocycles. The standard InChI is InChI=1S/C16H25N3O6S/c1-19(2)26(21,22)10-11-8-25-9-13(11)18-16(20)17-12-5-6-14(23-3)15(7-12)24-4/h5-7,11,13H,8-10H2,1-4H3,(H2,17,18,20)/t11-,13+/m0/s1. The third kappa shape index (κ3) is 4.99. The lowest BCUT2D eigenvalue weighted by molar-refractivity contribution is 0.184. The Bertz CT molecular complexity index is 738. The average molecular weight is 387 g/mol. The number of methoxy groups -OCH3 is 2. The second-order valence-corrected chi connectivity index (χ2v) is 8.36. The van der Waals surface area contributed by atoms with Gasteiger partial charge in [-0.2, -0.15) is 0 Å². The molecule has 1 heterocycles. The van der Waals surface area contributed by atoms with Crippen LogP contribution in [0.3, 0.4) is 0 Å². The SMILES string of the molecule is COc1ccc(NC(=O)N[C@@H]2COC[C@H]2CS(=O)(=O)N(C)C)cc1OC. The number of benzene rings is 1. The van der Waals surface area contributed by atoms with Crippen LogP contribution in [-0.4, -0.2) is 72.1 Å². The first-order chi connectivity index (χ1) is 12.3. The Kier molecular flexibility index (Phi) is 6.68. The maximum absolute atomic E-state index is 12.3. The van der Waals surface area contributed by atoms with Crippen LogP contribution in [0, 0.1) is 5.92 Å². The predicted molar refractivity (Wildman–Crippen MR) is 97.3 cm³/mol. The maximum Gasteiger partial charge on any atom is 0.319 e. The van der Waals surface area contributed by atoms with E-state index >= 15 is 0 Å². The number of carbonyl (C=O) groups excluding carboxylic acids is 1. The highest BCUT2D eigenvalue weighted by molar-refractivity contribution is 7.89. The molecule has 2 N–H and O–H groups in total. The van der Waals surface area contributed by atoms with Crippen molar-refractivity contribution in [3.63, 3.8) is 0 Å². The molecule has 0 saturated carbocycles. The number of ether oxygens (including phenoxy) is 3. The van der Waals surface area contributed by atoms with Gasteiger partial charge >= 0.3 is 6.03 Å². The van der Waals surface area contributed by atoms with Gasteiger partial charge in [0.1, 0.15) is 0 Å². The topological polar surface area (TPSA) is 106 Å². The normalized spacial score (nSPS) is 20.0.